The molecule has 1 saturated carbocycles. The zero-order valence-electron chi connectivity index (χ0n) is 8.45. The number of rotatable bonds is 0. The van der Waals surface area contributed by atoms with E-state index in [0.29, 0.717) is 0 Å². The number of hydrogen-bond donors (Lipinski definition) is 0. The van der Waals surface area contributed by atoms with E-state index in [4.69, 9.17) is 0 Å². The Kier molecular flexibility index (Phi) is 5.31. The first-order valence-corrected chi connectivity index (χ1v) is 5.23. The highest BCUT2D eigenvalue weighted by Gasteiger charge is 2.07. The number of hydrogen-bond acceptors (Lipinski definition) is 0. The molecule has 2 aliphatic rings. The first-order valence-electron chi connectivity index (χ1n) is 5.23. The summed E-state index contributed by atoms with van der Waals surface area (Å²) in [5.74, 6) is 1.05. The van der Waals surface area contributed by atoms with Gasteiger partial charge in [0.25, 0.3) is 0 Å². The summed E-state index contributed by atoms with van der Waals surface area (Å²) >= 11 is 0. The van der Waals surface area contributed by atoms with Crippen LogP contribution in [-0.2, 0) is 0 Å². The lowest BCUT2D eigenvalue weighted by atomic mass is 10.2. The molecule has 0 amide bonds. The first-order chi connectivity index (χ1) is 6.39. The van der Waals surface area contributed by atoms with E-state index in [1.165, 1.54) is 25.7 Å². The van der Waals surface area contributed by atoms with Crippen molar-refractivity contribution in [3.8, 4) is 0 Å². The van der Waals surface area contributed by atoms with Gasteiger partial charge in [-0.05, 0) is 5.92 Å². The van der Waals surface area contributed by atoms with Gasteiger partial charge >= 0.3 is 0 Å². The molecule has 0 heteroatoms. The molecule has 0 bridgehead atoms. The predicted molar refractivity (Wildman–Crippen MR) is 59.4 cm³/mol. The molecular formula is C13H19. The van der Waals surface area contributed by atoms with Crippen molar-refractivity contribution in [2.75, 3.05) is 0 Å². The molecule has 0 unspecified atom stereocenters. The fourth-order valence-corrected chi connectivity index (χ4v) is 1.58. The summed E-state index contributed by atoms with van der Waals surface area (Å²) in [4.78, 5) is 0. The second kappa shape index (κ2) is 6.71. The van der Waals surface area contributed by atoms with Crippen molar-refractivity contribution < 1.29 is 0 Å². The Morgan fingerprint density at radius 1 is 0.769 bits per heavy atom. The molecular weight excluding hydrogens is 156 g/mol. The van der Waals surface area contributed by atoms with Crippen LogP contribution in [0.3, 0.4) is 0 Å². The van der Waals surface area contributed by atoms with Crippen molar-refractivity contribution in [1.82, 2.24) is 0 Å². The van der Waals surface area contributed by atoms with Gasteiger partial charge < -0.3 is 0 Å². The van der Waals surface area contributed by atoms with Crippen LogP contribution in [0.4, 0.5) is 0 Å². The zero-order chi connectivity index (χ0) is 9.36. The van der Waals surface area contributed by atoms with E-state index >= 15 is 0 Å². The van der Waals surface area contributed by atoms with Crippen LogP contribution in [0.2, 0.25) is 0 Å². The van der Waals surface area contributed by atoms with Crippen molar-refractivity contribution in [3.05, 3.63) is 42.9 Å². The average Bonchev–Trinajstić information content (AvgIpc) is 2.48. The van der Waals surface area contributed by atoms with Gasteiger partial charge in [-0.1, -0.05) is 69.1 Å². The van der Waals surface area contributed by atoms with E-state index in [-0.39, 0.29) is 0 Å². The van der Waals surface area contributed by atoms with E-state index in [9.17, 15) is 0 Å². The van der Waals surface area contributed by atoms with Crippen LogP contribution in [0.25, 0.3) is 0 Å². The lowest BCUT2D eigenvalue weighted by Crippen LogP contribution is -1.78. The Morgan fingerprint density at radius 2 is 1.23 bits per heavy atom. The normalized spacial score (nSPS) is 21.0. The monoisotopic (exact) mass is 175 g/mol. The molecule has 2 aliphatic carbocycles. The molecule has 71 valence electrons. The molecule has 0 heterocycles. The van der Waals surface area contributed by atoms with Gasteiger partial charge in [0.1, 0.15) is 0 Å². The topological polar surface area (TPSA) is 0 Å². The molecule has 0 aromatic rings. The molecule has 0 atom stereocenters. The SMILES string of the molecule is CC1CCCC1.[CH]1C=CC=CC=C1. The highest BCUT2D eigenvalue weighted by Crippen LogP contribution is 2.22. The van der Waals surface area contributed by atoms with Gasteiger partial charge in [-0.2, -0.15) is 0 Å². The molecule has 0 aromatic heterocycles. The predicted octanol–water partition coefficient (Wildman–Crippen LogP) is 4.07. The van der Waals surface area contributed by atoms with Crippen LogP contribution in [0.1, 0.15) is 32.6 Å². The summed E-state index contributed by atoms with van der Waals surface area (Å²) in [6.07, 6.45) is 19.9. The Balaban J connectivity index is 0.000000132. The smallest absolute Gasteiger partial charge is 0.00506 e. The summed E-state index contributed by atoms with van der Waals surface area (Å²) in [5, 5.41) is 0. The van der Waals surface area contributed by atoms with Gasteiger partial charge in [-0.15, -0.1) is 0 Å². The average molecular weight is 175 g/mol. The highest BCUT2D eigenvalue weighted by molar-refractivity contribution is 5.23. The Morgan fingerprint density at radius 3 is 1.62 bits per heavy atom. The summed E-state index contributed by atoms with van der Waals surface area (Å²) < 4.78 is 0. The molecule has 1 radical (unpaired) electrons. The van der Waals surface area contributed by atoms with Gasteiger partial charge in [0.05, 0.1) is 0 Å². The third-order valence-corrected chi connectivity index (χ3v) is 2.42. The van der Waals surface area contributed by atoms with Gasteiger partial charge in [0.15, 0.2) is 0 Å². The summed E-state index contributed by atoms with van der Waals surface area (Å²) in [6.45, 7) is 2.34. The molecule has 0 spiro atoms. The van der Waals surface area contributed by atoms with E-state index < -0.39 is 0 Å². The maximum Gasteiger partial charge on any atom is 0.00506 e. The van der Waals surface area contributed by atoms with E-state index in [1.54, 1.807) is 0 Å². The molecule has 0 N–H and O–H groups in total. The maximum absolute atomic E-state index is 2.34. The zero-order valence-corrected chi connectivity index (χ0v) is 8.45. The van der Waals surface area contributed by atoms with Crippen molar-refractivity contribution >= 4 is 0 Å². The van der Waals surface area contributed by atoms with Crippen molar-refractivity contribution in [2.24, 2.45) is 5.92 Å². The maximum atomic E-state index is 2.34. The first kappa shape index (κ1) is 10.3. The van der Waals surface area contributed by atoms with Crippen LogP contribution < -0.4 is 0 Å². The van der Waals surface area contributed by atoms with Crippen LogP contribution >= 0.6 is 0 Å². The summed E-state index contributed by atoms with van der Waals surface area (Å²) in [5.41, 5.74) is 0. The van der Waals surface area contributed by atoms with Crippen LogP contribution in [0.15, 0.2) is 36.5 Å². The van der Waals surface area contributed by atoms with Gasteiger partial charge in [0.2, 0.25) is 0 Å². The molecule has 13 heavy (non-hydrogen) atoms. The van der Waals surface area contributed by atoms with E-state index in [2.05, 4.69) is 6.92 Å². The Hall–Kier alpha value is -0.780. The Bertz CT molecular complexity index is 176. The molecule has 0 aliphatic heterocycles. The number of allylic oxidation sites excluding steroid dienone is 6. The summed E-state index contributed by atoms with van der Waals surface area (Å²) in [6, 6.07) is 0. The van der Waals surface area contributed by atoms with Crippen molar-refractivity contribution in [2.45, 2.75) is 32.6 Å². The minimum absolute atomic E-state index is 1.05. The highest BCUT2D eigenvalue weighted by atomic mass is 14.1. The lowest BCUT2D eigenvalue weighted by Gasteiger charge is -1.91. The Labute approximate surface area is 82.0 Å². The van der Waals surface area contributed by atoms with Gasteiger partial charge in [0, 0.05) is 6.42 Å². The van der Waals surface area contributed by atoms with Crippen molar-refractivity contribution in [1.29, 1.82) is 0 Å². The van der Waals surface area contributed by atoms with E-state index in [0.717, 1.165) is 5.92 Å². The molecule has 0 aromatic carbocycles. The molecule has 0 saturated heterocycles. The molecule has 0 nitrogen and oxygen atoms in total. The van der Waals surface area contributed by atoms with Crippen molar-refractivity contribution in [3.63, 3.8) is 0 Å². The molecule has 1 fully saturated rings. The fraction of sp³-hybridized carbons (Fsp3) is 0.462. The minimum atomic E-state index is 1.05. The van der Waals surface area contributed by atoms with Gasteiger partial charge in [-0.25, -0.2) is 0 Å². The van der Waals surface area contributed by atoms with Crippen LogP contribution in [0.5, 0.6) is 0 Å². The van der Waals surface area contributed by atoms with Gasteiger partial charge in [-0.3, -0.25) is 0 Å². The summed E-state index contributed by atoms with van der Waals surface area (Å²) in [7, 11) is 0. The molecule has 2 rings (SSSR count). The lowest BCUT2D eigenvalue weighted by molar-refractivity contribution is 0.612. The fourth-order valence-electron chi connectivity index (χ4n) is 1.58. The third kappa shape index (κ3) is 5.46. The largest absolute Gasteiger partial charge is 0.0767 e. The third-order valence-electron chi connectivity index (χ3n) is 2.42. The minimum Gasteiger partial charge on any atom is -0.0767 e. The quantitative estimate of drug-likeness (QED) is 0.520. The van der Waals surface area contributed by atoms with E-state index in [1.807, 2.05) is 42.9 Å². The van der Waals surface area contributed by atoms with Crippen LogP contribution in [0, 0.1) is 12.3 Å². The second-order valence-corrected chi connectivity index (χ2v) is 3.74. The second-order valence-electron chi connectivity index (χ2n) is 3.74. The standard InChI is InChI=1S/C7H7.C6H12/c1-2-4-6-7-5-3-1;1-6-4-2-3-5-6/h1-7H;6H,2-5H2,1H3. The van der Waals surface area contributed by atoms with Crippen LogP contribution in [-0.4, -0.2) is 0 Å².